The minimum absolute atomic E-state index is 0.108. The fourth-order valence-electron chi connectivity index (χ4n) is 3.50. The summed E-state index contributed by atoms with van der Waals surface area (Å²) in [5, 5.41) is 13.2. The third-order valence-electron chi connectivity index (χ3n) is 5.06. The Labute approximate surface area is 168 Å². The molecular weight excluding hydrogens is 397 g/mol. The first-order valence-corrected chi connectivity index (χ1v) is 10.6. The monoisotopic (exact) mass is 419 g/mol. The van der Waals surface area contributed by atoms with Gasteiger partial charge in [0, 0.05) is 24.6 Å². The second-order valence-corrected chi connectivity index (χ2v) is 8.05. The van der Waals surface area contributed by atoms with Gasteiger partial charge in [0.25, 0.3) is 11.5 Å². The lowest BCUT2D eigenvalue weighted by molar-refractivity contribution is 0.0898. The van der Waals surface area contributed by atoms with E-state index in [1.54, 1.807) is 12.1 Å². The summed E-state index contributed by atoms with van der Waals surface area (Å²) in [6.07, 6.45) is 4.00. The van der Waals surface area contributed by atoms with Gasteiger partial charge in [0.1, 0.15) is 17.6 Å². The van der Waals surface area contributed by atoms with Crippen molar-refractivity contribution in [3.8, 4) is 11.9 Å². The van der Waals surface area contributed by atoms with Crippen molar-refractivity contribution < 1.29 is 19.3 Å². The minimum atomic E-state index is -1.84. The van der Waals surface area contributed by atoms with Gasteiger partial charge in [-0.15, -0.1) is 0 Å². The Morgan fingerprint density at radius 3 is 2.76 bits per heavy atom. The quantitative estimate of drug-likeness (QED) is 0.662. The smallest absolute Gasteiger partial charge is 0.287 e. The van der Waals surface area contributed by atoms with Crippen molar-refractivity contribution in [2.24, 2.45) is 5.92 Å². The van der Waals surface area contributed by atoms with Crippen LogP contribution in [0.15, 0.2) is 17.1 Å². The molecule has 1 aliphatic heterocycles. The molecule has 1 fully saturated rings. The first-order valence-electron chi connectivity index (χ1n) is 9.22. The maximum atomic E-state index is 12.7. The topological polar surface area (TPSA) is 142 Å². The molecule has 0 atom stereocenters. The molecule has 0 bridgehead atoms. The number of rotatable bonds is 6. The van der Waals surface area contributed by atoms with Crippen LogP contribution in [0.25, 0.3) is 10.8 Å². The van der Waals surface area contributed by atoms with Crippen LogP contribution in [-0.2, 0) is 0 Å². The number of methoxy groups -OCH3 is 1. The molecule has 2 N–H and O–H groups in total. The minimum Gasteiger partial charge on any atom is -0.480 e. The van der Waals surface area contributed by atoms with Crippen molar-refractivity contribution in [2.75, 3.05) is 31.3 Å². The van der Waals surface area contributed by atoms with Crippen LogP contribution in [0.4, 0.5) is 5.82 Å². The number of piperidine rings is 1. The van der Waals surface area contributed by atoms with Crippen molar-refractivity contribution in [2.45, 2.75) is 25.7 Å². The third kappa shape index (κ3) is 4.70. The number of aromatic nitrogens is 3. The predicted molar refractivity (Wildman–Crippen MR) is 107 cm³/mol. The summed E-state index contributed by atoms with van der Waals surface area (Å²) in [5.41, 5.74) is -0.665. The molecule has 3 rings (SSSR count). The maximum absolute atomic E-state index is 12.7. The second-order valence-electron chi connectivity index (χ2n) is 6.86. The van der Waals surface area contributed by atoms with E-state index < -0.39 is 26.3 Å². The molecule has 3 heterocycles. The summed E-state index contributed by atoms with van der Waals surface area (Å²) in [4.78, 5) is 49.3. The summed E-state index contributed by atoms with van der Waals surface area (Å²) in [5.74, 6) is 0.498. The van der Waals surface area contributed by atoms with Crippen molar-refractivity contribution in [1.29, 1.82) is 5.26 Å². The lowest BCUT2D eigenvalue weighted by Crippen LogP contribution is -2.34. The molecule has 1 aliphatic rings. The zero-order valence-electron chi connectivity index (χ0n) is 16.0. The van der Waals surface area contributed by atoms with Gasteiger partial charge >= 0.3 is 0 Å². The maximum Gasteiger partial charge on any atom is 0.287 e. The van der Waals surface area contributed by atoms with Crippen LogP contribution < -0.4 is 15.2 Å². The van der Waals surface area contributed by atoms with E-state index in [2.05, 4.69) is 15.0 Å². The van der Waals surface area contributed by atoms with Crippen LogP contribution in [-0.4, -0.2) is 56.8 Å². The number of ether oxygens (including phenoxy) is 1. The molecule has 1 saturated heterocycles. The number of anilines is 1. The van der Waals surface area contributed by atoms with Gasteiger partial charge in [-0.3, -0.25) is 9.59 Å². The lowest BCUT2D eigenvalue weighted by Gasteiger charge is -2.33. The number of hydrogen-bond donors (Lipinski definition) is 2. The van der Waals surface area contributed by atoms with Gasteiger partial charge in [-0.05, 0) is 31.2 Å². The molecule has 0 spiro atoms. The number of carbonyl (C=O) groups is 1. The van der Waals surface area contributed by atoms with E-state index in [1.807, 2.05) is 0 Å². The summed E-state index contributed by atoms with van der Waals surface area (Å²) < 4.78 is 5.98. The Hall–Kier alpha value is -2.60. The largest absolute Gasteiger partial charge is 0.480 e. The molecule has 0 saturated carbocycles. The second kappa shape index (κ2) is 9.27. The van der Waals surface area contributed by atoms with Crippen LogP contribution in [0, 0.1) is 17.2 Å². The van der Waals surface area contributed by atoms with E-state index in [0.29, 0.717) is 28.0 Å². The first kappa shape index (κ1) is 21.1. The standard InChI is InChI=1S/C18H22N5O5P/c1-28-17-16-13(11-20-23(18(16)25)15(24)2-6-19)10-14(21-17)22-7-3-12(4-8-22)5-9-29(26)27/h10-12,26-27H,2-5,7-9H2,1H3. The Balaban J connectivity index is 1.86. The highest BCUT2D eigenvalue weighted by atomic mass is 31.2. The number of nitrogens with zero attached hydrogens (tertiary/aromatic N) is 5. The van der Waals surface area contributed by atoms with Gasteiger partial charge in [0.2, 0.25) is 5.88 Å². The van der Waals surface area contributed by atoms with E-state index in [0.717, 1.165) is 32.4 Å². The van der Waals surface area contributed by atoms with Crippen LogP contribution in [0.2, 0.25) is 0 Å². The molecule has 11 heteroatoms. The zero-order chi connectivity index (χ0) is 21.0. The number of carbonyl (C=O) groups excluding carboxylic acids is 1. The Morgan fingerprint density at radius 1 is 1.41 bits per heavy atom. The normalized spacial score (nSPS) is 14.9. The molecule has 0 aromatic carbocycles. The van der Waals surface area contributed by atoms with Crippen LogP contribution in [0.3, 0.4) is 0 Å². The van der Waals surface area contributed by atoms with Gasteiger partial charge in [-0.1, -0.05) is 0 Å². The SMILES string of the molecule is COc1nc(N2CCC(CCP(O)O)CC2)cc2cnn(C(=O)CC#N)c(=O)c12. The van der Waals surface area contributed by atoms with Crippen molar-refractivity contribution in [3.05, 3.63) is 22.6 Å². The molecule has 0 aliphatic carbocycles. The molecule has 154 valence electrons. The average Bonchev–Trinajstić information content (AvgIpc) is 2.72. The van der Waals surface area contributed by atoms with Gasteiger partial charge < -0.3 is 19.4 Å². The van der Waals surface area contributed by atoms with Crippen LogP contribution in [0.1, 0.15) is 30.5 Å². The van der Waals surface area contributed by atoms with Crippen LogP contribution >= 0.6 is 8.38 Å². The fourth-order valence-corrected chi connectivity index (χ4v) is 4.10. The number of hydrogen-bond acceptors (Lipinski definition) is 9. The Morgan fingerprint density at radius 2 is 2.14 bits per heavy atom. The molecule has 0 amide bonds. The Kier molecular flexibility index (Phi) is 6.75. The molecular formula is C18H22N5O5P. The molecule has 2 aromatic rings. The van der Waals surface area contributed by atoms with E-state index >= 15 is 0 Å². The van der Waals surface area contributed by atoms with Crippen molar-refractivity contribution in [1.82, 2.24) is 14.8 Å². The van der Waals surface area contributed by atoms with E-state index in [9.17, 15) is 9.59 Å². The molecule has 10 nitrogen and oxygen atoms in total. The summed E-state index contributed by atoms with van der Waals surface area (Å²) in [6, 6.07) is 3.45. The number of fused-ring (bicyclic) bond motifs is 1. The predicted octanol–water partition coefficient (Wildman–Crippen LogP) is 1.26. The third-order valence-corrected chi connectivity index (χ3v) is 5.72. The van der Waals surface area contributed by atoms with Crippen LogP contribution in [0.5, 0.6) is 5.88 Å². The highest BCUT2D eigenvalue weighted by Gasteiger charge is 2.23. The fraction of sp³-hybridized carbons (Fsp3) is 0.500. The summed E-state index contributed by atoms with van der Waals surface area (Å²) in [7, 11) is -0.439. The number of nitriles is 1. The molecule has 0 radical (unpaired) electrons. The van der Waals surface area contributed by atoms with E-state index in [-0.39, 0.29) is 11.3 Å². The zero-order valence-corrected chi connectivity index (χ0v) is 16.9. The van der Waals surface area contributed by atoms with Gasteiger partial charge in [0.05, 0.1) is 19.4 Å². The Bertz CT molecular complexity index is 995. The van der Waals surface area contributed by atoms with Gasteiger partial charge in [-0.2, -0.15) is 20.0 Å². The molecule has 0 unspecified atom stereocenters. The van der Waals surface area contributed by atoms with E-state index in [4.69, 9.17) is 19.8 Å². The first-order chi connectivity index (χ1) is 13.9. The van der Waals surface area contributed by atoms with Crippen molar-refractivity contribution in [3.63, 3.8) is 0 Å². The van der Waals surface area contributed by atoms with Crippen molar-refractivity contribution >= 4 is 30.9 Å². The van der Waals surface area contributed by atoms with E-state index in [1.165, 1.54) is 13.3 Å². The average molecular weight is 419 g/mol. The lowest BCUT2D eigenvalue weighted by atomic mass is 9.94. The highest BCUT2D eigenvalue weighted by Crippen LogP contribution is 2.32. The molecule has 29 heavy (non-hydrogen) atoms. The summed E-state index contributed by atoms with van der Waals surface area (Å²) >= 11 is 0. The highest BCUT2D eigenvalue weighted by molar-refractivity contribution is 7.45. The van der Waals surface area contributed by atoms with Gasteiger partial charge in [-0.25, -0.2) is 0 Å². The van der Waals surface area contributed by atoms with Gasteiger partial charge in [0.15, 0.2) is 8.38 Å². The number of pyridine rings is 1. The molecule has 2 aromatic heterocycles. The summed E-state index contributed by atoms with van der Waals surface area (Å²) in [6.45, 7) is 1.51.